The van der Waals surface area contributed by atoms with Crippen LogP contribution in [0.4, 0.5) is 11.4 Å². The number of carbonyl (C=O) groups excluding carboxylic acids is 3. The summed E-state index contributed by atoms with van der Waals surface area (Å²) in [6.07, 6.45) is 1.08. The van der Waals surface area contributed by atoms with E-state index in [1.54, 1.807) is 30.7 Å². The Hall–Kier alpha value is -2.57. The van der Waals surface area contributed by atoms with Crippen LogP contribution in [0.25, 0.3) is 0 Å². The lowest BCUT2D eigenvalue weighted by Gasteiger charge is -2.30. The lowest BCUT2D eigenvalue weighted by molar-refractivity contribution is -0.142. The summed E-state index contributed by atoms with van der Waals surface area (Å²) >= 11 is 0. The van der Waals surface area contributed by atoms with Gasteiger partial charge in [0.1, 0.15) is 13.1 Å². The Labute approximate surface area is 153 Å². The zero-order chi connectivity index (χ0) is 19.3. The van der Waals surface area contributed by atoms with Crippen molar-refractivity contribution >= 4 is 29.2 Å². The SMILES string of the molecule is CCOC(=O)CN(CC(=O)OCC)c1cc2c(cc1C)N(C)C(=O)CC2. The van der Waals surface area contributed by atoms with Gasteiger partial charge in [-0.15, -0.1) is 0 Å². The molecule has 2 rings (SSSR count). The first kappa shape index (κ1) is 19.8. The van der Waals surface area contributed by atoms with Gasteiger partial charge < -0.3 is 19.3 Å². The van der Waals surface area contributed by atoms with Gasteiger partial charge in [0.15, 0.2) is 0 Å². The molecule has 1 aliphatic heterocycles. The molecule has 0 aromatic heterocycles. The third-order valence-electron chi connectivity index (χ3n) is 4.33. The van der Waals surface area contributed by atoms with Crippen LogP contribution < -0.4 is 9.80 Å². The highest BCUT2D eigenvalue weighted by molar-refractivity contribution is 5.96. The molecule has 1 amide bonds. The van der Waals surface area contributed by atoms with Crippen molar-refractivity contribution in [2.45, 2.75) is 33.6 Å². The molecule has 0 unspecified atom stereocenters. The number of benzene rings is 1. The molecule has 0 spiro atoms. The number of ether oxygens (including phenoxy) is 2. The fourth-order valence-electron chi connectivity index (χ4n) is 3.07. The van der Waals surface area contributed by atoms with Crippen molar-refractivity contribution in [2.24, 2.45) is 0 Å². The largest absolute Gasteiger partial charge is 0.465 e. The van der Waals surface area contributed by atoms with Crippen LogP contribution in [-0.4, -0.2) is 51.2 Å². The van der Waals surface area contributed by atoms with Crippen LogP contribution in [0.15, 0.2) is 12.1 Å². The number of hydrogen-bond donors (Lipinski definition) is 0. The van der Waals surface area contributed by atoms with Gasteiger partial charge in [0.05, 0.1) is 13.2 Å². The van der Waals surface area contributed by atoms with E-state index < -0.39 is 11.9 Å². The fourth-order valence-corrected chi connectivity index (χ4v) is 3.07. The second-order valence-electron chi connectivity index (χ2n) is 6.19. The van der Waals surface area contributed by atoms with Crippen molar-refractivity contribution in [1.82, 2.24) is 0 Å². The monoisotopic (exact) mass is 362 g/mol. The van der Waals surface area contributed by atoms with Crippen molar-refractivity contribution in [1.29, 1.82) is 0 Å². The Bertz CT molecular complexity index is 681. The number of anilines is 2. The van der Waals surface area contributed by atoms with Gasteiger partial charge in [0.2, 0.25) is 5.91 Å². The maximum atomic E-state index is 12.0. The first-order valence-corrected chi connectivity index (χ1v) is 8.83. The van der Waals surface area contributed by atoms with Crippen molar-refractivity contribution in [2.75, 3.05) is 43.2 Å². The predicted octanol–water partition coefficient (Wildman–Crippen LogP) is 1.84. The van der Waals surface area contributed by atoms with Crippen molar-refractivity contribution in [3.05, 3.63) is 23.3 Å². The summed E-state index contributed by atoms with van der Waals surface area (Å²) < 4.78 is 10.1. The molecule has 1 aromatic carbocycles. The lowest BCUT2D eigenvalue weighted by atomic mass is 9.98. The van der Waals surface area contributed by atoms with Crippen LogP contribution in [-0.2, 0) is 30.3 Å². The first-order valence-electron chi connectivity index (χ1n) is 8.83. The summed E-state index contributed by atoms with van der Waals surface area (Å²) in [5.74, 6) is -0.720. The smallest absolute Gasteiger partial charge is 0.325 e. The van der Waals surface area contributed by atoms with Crippen molar-refractivity contribution in [3.63, 3.8) is 0 Å². The van der Waals surface area contributed by atoms with Gasteiger partial charge in [-0.25, -0.2) is 0 Å². The third kappa shape index (κ3) is 4.53. The van der Waals surface area contributed by atoms with Crippen molar-refractivity contribution < 1.29 is 23.9 Å². The van der Waals surface area contributed by atoms with Crippen LogP contribution in [0, 0.1) is 6.92 Å². The molecule has 1 aromatic rings. The zero-order valence-corrected chi connectivity index (χ0v) is 15.8. The van der Waals surface area contributed by atoms with Gasteiger partial charge in [-0.2, -0.15) is 0 Å². The lowest BCUT2D eigenvalue weighted by Crippen LogP contribution is -2.37. The van der Waals surface area contributed by atoms with Crippen molar-refractivity contribution in [3.8, 4) is 0 Å². The fraction of sp³-hybridized carbons (Fsp3) is 0.526. The Morgan fingerprint density at radius 1 is 1.08 bits per heavy atom. The minimum Gasteiger partial charge on any atom is -0.465 e. The zero-order valence-electron chi connectivity index (χ0n) is 15.8. The predicted molar refractivity (Wildman–Crippen MR) is 98.4 cm³/mol. The van der Waals surface area contributed by atoms with Crippen LogP contribution >= 0.6 is 0 Å². The molecule has 0 saturated heterocycles. The molecular formula is C19H26N2O5. The van der Waals surface area contributed by atoms with E-state index in [2.05, 4.69) is 0 Å². The van der Waals surface area contributed by atoms with Gasteiger partial charge in [-0.3, -0.25) is 14.4 Å². The number of carbonyl (C=O) groups is 3. The molecule has 26 heavy (non-hydrogen) atoms. The van der Waals surface area contributed by atoms with Crippen LogP contribution in [0.5, 0.6) is 0 Å². The number of amides is 1. The number of aryl methyl sites for hydroxylation is 2. The van der Waals surface area contributed by atoms with Gasteiger partial charge >= 0.3 is 11.9 Å². The topological polar surface area (TPSA) is 76.2 Å². The van der Waals surface area contributed by atoms with Crippen LogP contribution in [0.1, 0.15) is 31.4 Å². The third-order valence-corrected chi connectivity index (χ3v) is 4.33. The molecule has 1 heterocycles. The molecule has 7 heteroatoms. The van der Waals surface area contributed by atoms with E-state index in [1.165, 1.54) is 0 Å². The number of rotatable bonds is 7. The number of fused-ring (bicyclic) bond motifs is 1. The maximum Gasteiger partial charge on any atom is 0.325 e. The molecule has 1 aliphatic rings. The summed E-state index contributed by atoms with van der Waals surface area (Å²) in [5, 5.41) is 0. The Balaban J connectivity index is 2.35. The number of hydrogen-bond acceptors (Lipinski definition) is 6. The molecule has 0 fully saturated rings. The highest BCUT2D eigenvalue weighted by Crippen LogP contribution is 2.33. The highest BCUT2D eigenvalue weighted by Gasteiger charge is 2.25. The van der Waals surface area contributed by atoms with Gasteiger partial charge in [0.25, 0.3) is 0 Å². The molecule has 0 radical (unpaired) electrons. The average Bonchev–Trinajstić information content (AvgIpc) is 2.58. The number of nitrogens with zero attached hydrogens (tertiary/aromatic N) is 2. The van der Waals surface area contributed by atoms with E-state index in [9.17, 15) is 14.4 Å². The Morgan fingerprint density at radius 2 is 1.65 bits per heavy atom. The summed E-state index contributed by atoms with van der Waals surface area (Å²) in [6.45, 7) is 5.85. The second kappa shape index (κ2) is 8.69. The molecule has 0 atom stereocenters. The normalized spacial score (nSPS) is 13.2. The van der Waals surface area contributed by atoms with Crippen LogP contribution in [0.3, 0.4) is 0 Å². The second-order valence-corrected chi connectivity index (χ2v) is 6.19. The minimum atomic E-state index is -0.402. The Morgan fingerprint density at radius 3 is 2.19 bits per heavy atom. The van der Waals surface area contributed by atoms with E-state index in [-0.39, 0.29) is 32.2 Å². The van der Waals surface area contributed by atoms with Gasteiger partial charge in [0, 0.05) is 24.8 Å². The molecule has 7 nitrogen and oxygen atoms in total. The van der Waals surface area contributed by atoms with Gasteiger partial charge in [-0.05, 0) is 50.5 Å². The summed E-state index contributed by atoms with van der Waals surface area (Å²) in [7, 11) is 1.76. The summed E-state index contributed by atoms with van der Waals surface area (Å²) in [6, 6.07) is 3.87. The van der Waals surface area contributed by atoms with Gasteiger partial charge in [-0.1, -0.05) is 0 Å². The van der Waals surface area contributed by atoms with E-state index in [0.717, 1.165) is 22.5 Å². The van der Waals surface area contributed by atoms with E-state index in [4.69, 9.17) is 9.47 Å². The molecule has 0 N–H and O–H groups in total. The minimum absolute atomic E-state index is 0.0406. The summed E-state index contributed by atoms with van der Waals surface area (Å²) in [4.78, 5) is 39.2. The highest BCUT2D eigenvalue weighted by atomic mass is 16.5. The molecule has 0 aliphatic carbocycles. The summed E-state index contributed by atoms with van der Waals surface area (Å²) in [5.41, 5.74) is 3.53. The number of esters is 2. The maximum absolute atomic E-state index is 12.0. The molecule has 0 saturated carbocycles. The average molecular weight is 362 g/mol. The van der Waals surface area contributed by atoms with Crippen LogP contribution in [0.2, 0.25) is 0 Å². The first-order chi connectivity index (χ1) is 12.4. The van der Waals surface area contributed by atoms with E-state index in [1.807, 2.05) is 19.1 Å². The quantitative estimate of drug-likeness (QED) is 0.689. The Kier molecular flexibility index (Phi) is 6.60. The standard InChI is InChI=1S/C19H26N2O5/c1-5-25-18(23)11-21(12-19(24)26-6-2)15-10-14-7-8-17(22)20(4)16(14)9-13(15)3/h9-10H,5-8,11-12H2,1-4H3. The molecule has 0 bridgehead atoms. The molecular weight excluding hydrogens is 336 g/mol. The van der Waals surface area contributed by atoms with E-state index >= 15 is 0 Å². The molecule has 142 valence electrons. The van der Waals surface area contributed by atoms with E-state index in [0.29, 0.717) is 12.8 Å².